The largest absolute Gasteiger partial charge is 0.383 e. The molecule has 0 spiro atoms. The van der Waals surface area contributed by atoms with Crippen molar-refractivity contribution in [2.75, 3.05) is 38.5 Å². The molecule has 0 aliphatic carbocycles. The number of ether oxygens (including phenoxy) is 1. The molecule has 1 amide bonds. The van der Waals surface area contributed by atoms with Crippen LogP contribution in [-0.2, 0) is 11.2 Å². The van der Waals surface area contributed by atoms with Crippen molar-refractivity contribution in [1.29, 1.82) is 0 Å². The maximum absolute atomic E-state index is 14.8. The number of carbonyl (C=O) groups excluding carboxylic acids is 1. The second kappa shape index (κ2) is 8.92. The predicted molar refractivity (Wildman–Crippen MR) is 126 cm³/mol. The Morgan fingerprint density at radius 1 is 1.12 bits per heavy atom. The number of nitrogens with one attached hydrogen (secondary N) is 1. The molecule has 3 heterocycles. The van der Waals surface area contributed by atoms with Gasteiger partial charge in [0.15, 0.2) is 0 Å². The molecule has 2 aliphatic rings. The van der Waals surface area contributed by atoms with Crippen molar-refractivity contribution in [1.82, 2.24) is 15.2 Å². The van der Waals surface area contributed by atoms with Gasteiger partial charge in [-0.1, -0.05) is 43.3 Å². The quantitative estimate of drug-likeness (QED) is 0.596. The number of amides is 1. The zero-order chi connectivity index (χ0) is 22.9. The Bertz CT molecular complexity index is 1200. The highest BCUT2D eigenvalue weighted by Crippen LogP contribution is 2.34. The average Bonchev–Trinajstić information content (AvgIpc) is 2.84. The van der Waals surface area contributed by atoms with Crippen LogP contribution in [0.4, 0.5) is 10.2 Å². The summed E-state index contributed by atoms with van der Waals surface area (Å²) in [6, 6.07) is 15.1. The van der Waals surface area contributed by atoms with Crippen molar-refractivity contribution in [2.24, 2.45) is 0 Å². The highest BCUT2D eigenvalue weighted by Gasteiger charge is 2.22. The number of halogens is 1. The second-order valence-electron chi connectivity index (χ2n) is 8.51. The summed E-state index contributed by atoms with van der Waals surface area (Å²) in [7, 11) is 0. The Kier molecular flexibility index (Phi) is 5.83. The van der Waals surface area contributed by atoms with E-state index in [0.717, 1.165) is 48.3 Å². The first kappa shape index (κ1) is 21.6. The maximum atomic E-state index is 14.8. The minimum Gasteiger partial charge on any atom is -0.383 e. The molecule has 1 fully saturated rings. The fourth-order valence-corrected chi connectivity index (χ4v) is 4.60. The summed E-state index contributed by atoms with van der Waals surface area (Å²) in [5.74, 6) is -0.548. The number of anilines is 1. The molecule has 2 aliphatic heterocycles. The molecule has 0 bridgehead atoms. The van der Waals surface area contributed by atoms with Gasteiger partial charge in [-0.25, -0.2) is 4.98 Å². The number of fused-ring (bicyclic) bond motifs is 1. The first-order valence-electron chi connectivity index (χ1n) is 11.3. The van der Waals surface area contributed by atoms with Crippen LogP contribution >= 0.6 is 0 Å². The van der Waals surface area contributed by atoms with Gasteiger partial charge in [0.2, 0.25) is 5.95 Å². The molecule has 3 N–H and O–H groups in total. The van der Waals surface area contributed by atoms with E-state index < -0.39 is 5.95 Å². The number of aromatic nitrogens is 1. The van der Waals surface area contributed by atoms with E-state index in [0.29, 0.717) is 29.8 Å². The van der Waals surface area contributed by atoms with E-state index in [-0.39, 0.29) is 17.8 Å². The summed E-state index contributed by atoms with van der Waals surface area (Å²) in [4.78, 5) is 18.4. The fraction of sp³-hybridized carbons (Fsp3) is 0.308. The van der Waals surface area contributed by atoms with Gasteiger partial charge in [0, 0.05) is 36.3 Å². The van der Waals surface area contributed by atoms with E-state index in [1.807, 2.05) is 36.4 Å². The lowest BCUT2D eigenvalue weighted by molar-refractivity contribution is -0.0281. The van der Waals surface area contributed by atoms with Crippen LogP contribution in [0.1, 0.15) is 34.5 Å². The van der Waals surface area contributed by atoms with E-state index in [9.17, 15) is 9.18 Å². The van der Waals surface area contributed by atoms with Gasteiger partial charge >= 0.3 is 0 Å². The van der Waals surface area contributed by atoms with Gasteiger partial charge < -0.3 is 15.8 Å². The van der Waals surface area contributed by atoms with Crippen molar-refractivity contribution in [3.05, 3.63) is 71.2 Å². The molecule has 1 saturated heterocycles. The van der Waals surface area contributed by atoms with Crippen LogP contribution in [-0.4, -0.2) is 48.6 Å². The molecular weight excluding hydrogens is 419 g/mol. The van der Waals surface area contributed by atoms with E-state index in [2.05, 4.69) is 22.1 Å². The molecule has 0 radical (unpaired) electrons. The number of carbonyl (C=O) groups is 1. The Labute approximate surface area is 192 Å². The van der Waals surface area contributed by atoms with Gasteiger partial charge in [-0.2, -0.15) is 4.39 Å². The highest BCUT2D eigenvalue weighted by molar-refractivity contribution is 5.97. The maximum Gasteiger partial charge on any atom is 0.251 e. The van der Waals surface area contributed by atoms with E-state index in [1.54, 1.807) is 12.1 Å². The number of benzene rings is 2. The molecule has 1 aromatic heterocycles. The third kappa shape index (κ3) is 4.21. The normalized spacial score (nSPS) is 18.6. The van der Waals surface area contributed by atoms with Crippen LogP contribution in [0.15, 0.2) is 48.5 Å². The summed E-state index contributed by atoms with van der Waals surface area (Å²) < 4.78 is 20.8. The van der Waals surface area contributed by atoms with Gasteiger partial charge in [0.05, 0.1) is 12.7 Å². The van der Waals surface area contributed by atoms with Gasteiger partial charge in [-0.05, 0) is 47.4 Å². The number of nitrogen functional groups attached to an aromatic ring is 1. The molecule has 33 heavy (non-hydrogen) atoms. The molecule has 1 atom stereocenters. The number of hydrogen-bond acceptors (Lipinski definition) is 5. The number of nitrogens with two attached hydrogens (primary N) is 1. The van der Waals surface area contributed by atoms with Crippen LogP contribution in [0, 0.1) is 5.95 Å². The predicted octanol–water partition coefficient (Wildman–Crippen LogP) is 3.82. The Morgan fingerprint density at radius 2 is 1.91 bits per heavy atom. The number of likely N-dealkylation sites (N-methyl/N-ethyl adjacent to an activating group) is 1. The lowest BCUT2D eigenvalue weighted by Crippen LogP contribution is -2.38. The summed E-state index contributed by atoms with van der Waals surface area (Å²) in [5.41, 5.74) is 11.4. The molecule has 7 heteroatoms. The van der Waals surface area contributed by atoms with E-state index >= 15 is 0 Å². The Balaban J connectivity index is 1.46. The summed E-state index contributed by atoms with van der Waals surface area (Å²) in [5, 5.41) is 2.84. The van der Waals surface area contributed by atoms with E-state index in [4.69, 9.17) is 10.5 Å². The van der Waals surface area contributed by atoms with Gasteiger partial charge in [-0.15, -0.1) is 0 Å². The summed E-state index contributed by atoms with van der Waals surface area (Å²) in [6.07, 6.45) is 0.765. The van der Waals surface area contributed by atoms with Crippen LogP contribution < -0.4 is 11.1 Å². The molecule has 170 valence electrons. The first-order valence-corrected chi connectivity index (χ1v) is 11.3. The number of rotatable bonds is 4. The number of pyridine rings is 1. The van der Waals surface area contributed by atoms with Gasteiger partial charge in [0.25, 0.3) is 5.91 Å². The highest BCUT2D eigenvalue weighted by atomic mass is 19.1. The lowest BCUT2D eigenvalue weighted by atomic mass is 9.93. The van der Waals surface area contributed by atoms with Crippen molar-refractivity contribution >= 4 is 11.7 Å². The van der Waals surface area contributed by atoms with Crippen LogP contribution in [0.2, 0.25) is 0 Å². The number of morpholine rings is 1. The van der Waals surface area contributed by atoms with Gasteiger partial charge in [0.1, 0.15) is 5.82 Å². The minimum atomic E-state index is -0.604. The Hall–Kier alpha value is -3.29. The second-order valence-corrected chi connectivity index (χ2v) is 8.51. The smallest absolute Gasteiger partial charge is 0.251 e. The van der Waals surface area contributed by atoms with E-state index in [1.165, 1.54) is 0 Å². The molecular formula is C26H27FN4O2. The van der Waals surface area contributed by atoms with Crippen LogP contribution in [0.25, 0.3) is 22.3 Å². The molecule has 5 rings (SSSR count). The zero-order valence-electron chi connectivity index (χ0n) is 18.6. The standard InChI is InChI=1S/C26H27FN4O2/c1-2-31-11-12-33-23(15-31)17-5-3-16(4-6-17)21-14-22(25(28)30-24(21)27)18-7-8-20-19(13-18)9-10-29-26(20)32/h3-8,13-14,23H,2,9-12,15H2,1H3,(H2,28,30)(H,29,32). The first-order chi connectivity index (χ1) is 16.0. The average molecular weight is 447 g/mol. The monoisotopic (exact) mass is 446 g/mol. The zero-order valence-corrected chi connectivity index (χ0v) is 18.6. The third-order valence-electron chi connectivity index (χ3n) is 6.54. The van der Waals surface area contributed by atoms with Crippen molar-refractivity contribution in [3.8, 4) is 22.3 Å². The molecule has 6 nitrogen and oxygen atoms in total. The van der Waals surface area contributed by atoms with Crippen LogP contribution in [0.3, 0.4) is 0 Å². The van der Waals surface area contributed by atoms with Gasteiger partial charge in [-0.3, -0.25) is 9.69 Å². The number of nitrogens with zero attached hydrogens (tertiary/aromatic N) is 2. The van der Waals surface area contributed by atoms with Crippen LogP contribution in [0.5, 0.6) is 0 Å². The topological polar surface area (TPSA) is 80.5 Å². The fourth-order valence-electron chi connectivity index (χ4n) is 4.60. The third-order valence-corrected chi connectivity index (χ3v) is 6.54. The molecule has 0 saturated carbocycles. The van der Waals surface area contributed by atoms with Crippen molar-refractivity contribution < 1.29 is 13.9 Å². The SMILES string of the molecule is CCN1CCOC(c2ccc(-c3cc(-c4ccc5c(c4)CCNC5=O)c(N)nc3F)cc2)C1. The Morgan fingerprint density at radius 3 is 2.70 bits per heavy atom. The molecule has 2 aromatic carbocycles. The molecule has 1 unspecified atom stereocenters. The summed E-state index contributed by atoms with van der Waals surface area (Å²) in [6.45, 7) is 6.26. The number of hydrogen-bond donors (Lipinski definition) is 2. The molecule has 3 aromatic rings. The summed E-state index contributed by atoms with van der Waals surface area (Å²) >= 11 is 0. The van der Waals surface area contributed by atoms with Crippen molar-refractivity contribution in [2.45, 2.75) is 19.4 Å². The minimum absolute atomic E-state index is 0.0189. The van der Waals surface area contributed by atoms with Crippen molar-refractivity contribution in [3.63, 3.8) is 0 Å². The lowest BCUT2D eigenvalue weighted by Gasteiger charge is -2.32.